The van der Waals surface area contributed by atoms with Crippen LogP contribution in [0.25, 0.3) is 21.5 Å². The van der Waals surface area contributed by atoms with Crippen molar-refractivity contribution in [3.8, 4) is 0 Å². The number of hydrogen-bond donors (Lipinski definition) is 1. The Balaban J connectivity index is 0.930. The highest BCUT2D eigenvalue weighted by molar-refractivity contribution is 6.18. The van der Waals surface area contributed by atoms with E-state index in [2.05, 4.69) is 45.4 Å². The standard InChI is InChI=1S/C36H43N3O2/c40-34(37-36-20-24-16-25(21-36)18-26(17-24)22-36)29-8-5-13-39(23-29)30-11-14-38(15-12-30)35(41)33-31-9-3-1-6-27(31)19-28-7-2-4-10-32(28)33/h1-4,6-7,9-10,19,24-26,29-30H,5,8,11-18,20-23H2,(H,37,40). The molecule has 3 aromatic rings. The lowest BCUT2D eigenvalue weighted by molar-refractivity contribution is -0.133. The topological polar surface area (TPSA) is 52.7 Å². The molecule has 4 aliphatic carbocycles. The molecule has 2 saturated heterocycles. The molecule has 0 aromatic heterocycles. The molecule has 4 bridgehead atoms. The zero-order chi connectivity index (χ0) is 27.6. The summed E-state index contributed by atoms with van der Waals surface area (Å²) in [6.07, 6.45) is 12.0. The van der Waals surface area contributed by atoms with E-state index in [-0.39, 0.29) is 17.4 Å². The molecule has 6 fully saturated rings. The minimum Gasteiger partial charge on any atom is -0.350 e. The van der Waals surface area contributed by atoms with Gasteiger partial charge in [-0.2, -0.15) is 0 Å². The fourth-order valence-electron chi connectivity index (χ4n) is 10.0. The Morgan fingerprint density at radius 2 is 1.34 bits per heavy atom. The summed E-state index contributed by atoms with van der Waals surface area (Å²) >= 11 is 0. The molecule has 2 aliphatic heterocycles. The third kappa shape index (κ3) is 4.65. The second-order valence-corrected chi connectivity index (χ2v) is 14.2. The molecule has 5 nitrogen and oxygen atoms in total. The Kier molecular flexibility index (Phi) is 6.36. The van der Waals surface area contributed by atoms with Crippen LogP contribution in [0.1, 0.15) is 74.6 Å². The Bertz CT molecular complexity index is 1400. The summed E-state index contributed by atoms with van der Waals surface area (Å²) in [5.74, 6) is 3.14. The minimum absolute atomic E-state index is 0.103. The van der Waals surface area contributed by atoms with E-state index >= 15 is 0 Å². The summed E-state index contributed by atoms with van der Waals surface area (Å²) in [6.45, 7) is 3.52. The number of nitrogens with zero attached hydrogens (tertiary/aromatic N) is 2. The molecule has 4 saturated carbocycles. The molecular weight excluding hydrogens is 506 g/mol. The number of piperidine rings is 2. The van der Waals surface area contributed by atoms with Gasteiger partial charge < -0.3 is 10.2 Å². The molecule has 9 rings (SSSR count). The molecule has 2 amide bonds. The molecule has 214 valence electrons. The number of carbonyl (C=O) groups is 2. The van der Waals surface area contributed by atoms with Crippen molar-refractivity contribution in [2.45, 2.75) is 75.8 Å². The molecule has 1 N–H and O–H groups in total. The van der Waals surface area contributed by atoms with E-state index < -0.39 is 0 Å². The second kappa shape index (κ2) is 10.1. The van der Waals surface area contributed by atoms with Gasteiger partial charge in [0.25, 0.3) is 5.91 Å². The maximum absolute atomic E-state index is 14.0. The lowest BCUT2D eigenvalue weighted by Crippen LogP contribution is -2.61. The van der Waals surface area contributed by atoms with Gasteiger partial charge in [0.2, 0.25) is 5.91 Å². The van der Waals surface area contributed by atoms with Crippen LogP contribution in [-0.2, 0) is 4.79 Å². The van der Waals surface area contributed by atoms with Gasteiger partial charge in [0.1, 0.15) is 0 Å². The number of benzene rings is 3. The van der Waals surface area contributed by atoms with Gasteiger partial charge in [-0.1, -0.05) is 48.5 Å². The van der Waals surface area contributed by atoms with Crippen LogP contribution in [0.15, 0.2) is 54.6 Å². The summed E-state index contributed by atoms with van der Waals surface area (Å²) in [4.78, 5) is 32.3. The molecule has 6 aliphatic rings. The zero-order valence-corrected chi connectivity index (χ0v) is 24.2. The molecule has 5 heteroatoms. The number of carbonyl (C=O) groups excluding carboxylic acids is 2. The molecule has 0 radical (unpaired) electrons. The Labute approximate surface area is 243 Å². The average Bonchev–Trinajstić information content (AvgIpc) is 2.99. The van der Waals surface area contributed by atoms with Crippen molar-refractivity contribution < 1.29 is 9.59 Å². The van der Waals surface area contributed by atoms with Crippen LogP contribution in [0.5, 0.6) is 0 Å². The third-order valence-electron chi connectivity index (χ3n) is 11.5. The number of rotatable bonds is 4. The van der Waals surface area contributed by atoms with Crippen molar-refractivity contribution in [2.24, 2.45) is 23.7 Å². The summed E-state index contributed by atoms with van der Waals surface area (Å²) in [5.41, 5.74) is 0.947. The Morgan fingerprint density at radius 3 is 1.95 bits per heavy atom. The summed E-state index contributed by atoms with van der Waals surface area (Å²) in [5, 5.41) is 8.00. The largest absolute Gasteiger partial charge is 0.350 e. The van der Waals surface area contributed by atoms with E-state index in [1.807, 2.05) is 24.3 Å². The number of nitrogens with one attached hydrogen (secondary N) is 1. The van der Waals surface area contributed by atoms with Crippen LogP contribution >= 0.6 is 0 Å². The number of amides is 2. The summed E-state index contributed by atoms with van der Waals surface area (Å²) < 4.78 is 0. The molecule has 1 atom stereocenters. The zero-order valence-electron chi connectivity index (χ0n) is 24.2. The van der Waals surface area contributed by atoms with Gasteiger partial charge in [-0.05, 0) is 116 Å². The third-order valence-corrected chi connectivity index (χ3v) is 11.5. The lowest BCUT2D eigenvalue weighted by Gasteiger charge is -2.57. The van der Waals surface area contributed by atoms with E-state index in [9.17, 15) is 9.59 Å². The number of fused-ring (bicyclic) bond motifs is 2. The van der Waals surface area contributed by atoms with E-state index in [0.29, 0.717) is 11.9 Å². The van der Waals surface area contributed by atoms with Gasteiger partial charge >= 0.3 is 0 Å². The van der Waals surface area contributed by atoms with Gasteiger partial charge in [0.15, 0.2) is 0 Å². The van der Waals surface area contributed by atoms with Crippen LogP contribution in [0.3, 0.4) is 0 Å². The van der Waals surface area contributed by atoms with Crippen LogP contribution in [0, 0.1) is 23.7 Å². The van der Waals surface area contributed by atoms with Crippen LogP contribution in [-0.4, -0.2) is 59.4 Å². The quantitative estimate of drug-likeness (QED) is 0.384. The minimum atomic E-state index is 0.103. The first-order valence-electron chi connectivity index (χ1n) is 16.3. The monoisotopic (exact) mass is 549 g/mol. The van der Waals surface area contributed by atoms with Crippen molar-refractivity contribution in [3.05, 3.63) is 60.2 Å². The smallest absolute Gasteiger partial charge is 0.255 e. The Morgan fingerprint density at radius 1 is 0.756 bits per heavy atom. The fraction of sp³-hybridized carbons (Fsp3) is 0.556. The van der Waals surface area contributed by atoms with Gasteiger partial charge in [-0.3, -0.25) is 14.5 Å². The van der Waals surface area contributed by atoms with Crippen LogP contribution < -0.4 is 5.32 Å². The molecule has 1 unspecified atom stereocenters. The maximum atomic E-state index is 14.0. The van der Waals surface area contributed by atoms with Crippen molar-refractivity contribution >= 4 is 33.4 Å². The van der Waals surface area contributed by atoms with E-state index in [1.165, 1.54) is 38.5 Å². The second-order valence-electron chi connectivity index (χ2n) is 14.2. The van der Waals surface area contributed by atoms with Gasteiger partial charge in [-0.15, -0.1) is 0 Å². The first-order chi connectivity index (χ1) is 20.0. The van der Waals surface area contributed by atoms with E-state index in [4.69, 9.17) is 0 Å². The van der Waals surface area contributed by atoms with Crippen molar-refractivity contribution in [2.75, 3.05) is 26.2 Å². The SMILES string of the molecule is O=C(NC12CC3CC(CC(C3)C1)C2)C1CCCN(C2CCN(C(=O)c3c4ccccc4cc4ccccc34)CC2)C1. The molecule has 2 heterocycles. The summed E-state index contributed by atoms with van der Waals surface area (Å²) in [7, 11) is 0. The van der Waals surface area contributed by atoms with E-state index in [0.717, 1.165) is 96.7 Å². The first kappa shape index (κ1) is 25.8. The molecular formula is C36H43N3O2. The number of likely N-dealkylation sites (tertiary alicyclic amines) is 2. The van der Waals surface area contributed by atoms with Crippen molar-refractivity contribution in [3.63, 3.8) is 0 Å². The predicted molar refractivity (Wildman–Crippen MR) is 164 cm³/mol. The highest BCUT2D eigenvalue weighted by Crippen LogP contribution is 2.55. The fourth-order valence-corrected chi connectivity index (χ4v) is 10.0. The lowest BCUT2D eigenvalue weighted by atomic mass is 9.53. The van der Waals surface area contributed by atoms with Gasteiger partial charge in [-0.25, -0.2) is 0 Å². The van der Waals surface area contributed by atoms with Gasteiger partial charge in [0, 0.05) is 31.2 Å². The summed E-state index contributed by atoms with van der Waals surface area (Å²) in [6, 6.07) is 19.2. The maximum Gasteiger partial charge on any atom is 0.255 e. The predicted octanol–water partition coefficient (Wildman–Crippen LogP) is 6.39. The first-order valence-corrected chi connectivity index (χ1v) is 16.3. The molecule has 41 heavy (non-hydrogen) atoms. The van der Waals surface area contributed by atoms with E-state index in [1.54, 1.807) is 0 Å². The van der Waals surface area contributed by atoms with Gasteiger partial charge in [0.05, 0.1) is 11.5 Å². The van der Waals surface area contributed by atoms with Crippen LogP contribution in [0.4, 0.5) is 0 Å². The van der Waals surface area contributed by atoms with Crippen molar-refractivity contribution in [1.29, 1.82) is 0 Å². The molecule has 3 aromatic carbocycles. The Hall–Kier alpha value is -2.92. The normalized spacial score (nSPS) is 32.0. The number of hydrogen-bond acceptors (Lipinski definition) is 3. The highest BCUT2D eigenvalue weighted by Gasteiger charge is 2.52. The highest BCUT2D eigenvalue weighted by atomic mass is 16.2. The molecule has 0 spiro atoms. The average molecular weight is 550 g/mol. The van der Waals surface area contributed by atoms with Crippen LogP contribution in [0.2, 0.25) is 0 Å². The van der Waals surface area contributed by atoms with Crippen molar-refractivity contribution in [1.82, 2.24) is 15.1 Å².